The Morgan fingerprint density at radius 2 is 2.20 bits per heavy atom. The van der Waals surface area contributed by atoms with Gasteiger partial charge in [-0.05, 0) is 6.92 Å². The summed E-state index contributed by atoms with van der Waals surface area (Å²) in [6.45, 7) is 4.98. The molecule has 1 aromatic carbocycles. The number of benzene rings is 1. The number of halogens is 2. The van der Waals surface area contributed by atoms with Crippen molar-refractivity contribution in [3.05, 3.63) is 45.2 Å². The quantitative estimate of drug-likeness (QED) is 0.349. The Hall–Kier alpha value is -2.15. The highest BCUT2D eigenvalue weighted by Gasteiger charge is 2.19. The maximum absolute atomic E-state index is 13.2. The molecule has 0 saturated carbocycles. The van der Waals surface area contributed by atoms with Gasteiger partial charge < -0.3 is 9.47 Å². The van der Waals surface area contributed by atoms with Crippen LogP contribution in [0.25, 0.3) is 0 Å². The van der Waals surface area contributed by atoms with E-state index in [1.807, 2.05) is 0 Å². The van der Waals surface area contributed by atoms with Gasteiger partial charge in [-0.3, -0.25) is 10.1 Å². The van der Waals surface area contributed by atoms with Crippen LogP contribution in [0, 0.1) is 15.9 Å². The molecule has 6 nitrogen and oxygen atoms in total. The molecule has 0 spiro atoms. The number of hydrogen-bond donors (Lipinski definition) is 0. The number of nitrogens with zero attached hydrogens (tertiary/aromatic N) is 1. The Morgan fingerprint density at radius 3 is 2.75 bits per heavy atom. The molecule has 1 aromatic rings. The van der Waals surface area contributed by atoms with E-state index in [9.17, 15) is 19.3 Å². The summed E-state index contributed by atoms with van der Waals surface area (Å²) in [5.74, 6) is -1.85. The standard InChI is InChI=1S/C12H11ClFNO5/c1-3-19-12(16)7(2)6-20-11-5-10(15(17)18)9(14)4-8(11)13/h4-5H,2-3,6H2,1H3. The summed E-state index contributed by atoms with van der Waals surface area (Å²) in [4.78, 5) is 21.0. The van der Waals surface area contributed by atoms with E-state index in [4.69, 9.17) is 16.3 Å². The fourth-order valence-electron chi connectivity index (χ4n) is 1.23. The summed E-state index contributed by atoms with van der Waals surface area (Å²) >= 11 is 5.70. The highest BCUT2D eigenvalue weighted by atomic mass is 35.5. The van der Waals surface area contributed by atoms with Crippen molar-refractivity contribution in [1.29, 1.82) is 0 Å². The van der Waals surface area contributed by atoms with Gasteiger partial charge in [0, 0.05) is 6.07 Å². The van der Waals surface area contributed by atoms with Gasteiger partial charge in [0.25, 0.3) is 0 Å². The average Bonchev–Trinajstić information content (AvgIpc) is 2.37. The SMILES string of the molecule is C=C(COc1cc([N+](=O)[O-])c(F)cc1Cl)C(=O)OCC. The van der Waals surface area contributed by atoms with E-state index < -0.39 is 22.4 Å². The number of carbonyl (C=O) groups is 1. The van der Waals surface area contributed by atoms with Crippen molar-refractivity contribution in [2.45, 2.75) is 6.92 Å². The van der Waals surface area contributed by atoms with Crippen LogP contribution >= 0.6 is 11.6 Å². The minimum absolute atomic E-state index is 0.00916. The largest absolute Gasteiger partial charge is 0.487 e. The normalized spacial score (nSPS) is 9.95. The Labute approximate surface area is 118 Å². The summed E-state index contributed by atoms with van der Waals surface area (Å²) in [5.41, 5.74) is -0.763. The molecule has 0 aliphatic heterocycles. The van der Waals surface area contributed by atoms with Crippen LogP contribution in [-0.2, 0) is 9.53 Å². The van der Waals surface area contributed by atoms with Gasteiger partial charge in [-0.2, -0.15) is 4.39 Å². The average molecular weight is 304 g/mol. The Kier molecular flexibility index (Phi) is 5.45. The number of hydrogen-bond acceptors (Lipinski definition) is 5. The smallest absolute Gasteiger partial charge is 0.336 e. The van der Waals surface area contributed by atoms with Gasteiger partial charge in [0.2, 0.25) is 5.82 Å². The van der Waals surface area contributed by atoms with Crippen molar-refractivity contribution in [3.8, 4) is 5.75 Å². The van der Waals surface area contributed by atoms with E-state index in [2.05, 4.69) is 11.3 Å². The molecule has 0 radical (unpaired) electrons. The van der Waals surface area contributed by atoms with Crippen molar-refractivity contribution >= 4 is 23.3 Å². The van der Waals surface area contributed by atoms with Crippen molar-refractivity contribution in [3.63, 3.8) is 0 Å². The molecule has 0 aromatic heterocycles. The van der Waals surface area contributed by atoms with E-state index in [0.29, 0.717) is 0 Å². The van der Waals surface area contributed by atoms with Gasteiger partial charge in [-0.15, -0.1) is 0 Å². The molecule has 0 aliphatic rings. The van der Waals surface area contributed by atoms with Gasteiger partial charge in [0.1, 0.15) is 12.4 Å². The lowest BCUT2D eigenvalue weighted by molar-refractivity contribution is -0.387. The highest BCUT2D eigenvalue weighted by molar-refractivity contribution is 6.32. The van der Waals surface area contributed by atoms with Crippen LogP contribution in [0.2, 0.25) is 5.02 Å². The molecule has 0 bridgehead atoms. The maximum atomic E-state index is 13.2. The summed E-state index contributed by atoms with van der Waals surface area (Å²) in [6, 6.07) is 1.61. The third-order valence-corrected chi connectivity index (χ3v) is 2.46. The minimum atomic E-state index is -1.07. The van der Waals surface area contributed by atoms with Crippen molar-refractivity contribution in [1.82, 2.24) is 0 Å². The lowest BCUT2D eigenvalue weighted by atomic mass is 10.3. The zero-order valence-electron chi connectivity index (χ0n) is 10.5. The number of nitro benzene ring substituents is 1. The van der Waals surface area contributed by atoms with E-state index in [1.54, 1.807) is 6.92 Å². The second-order valence-electron chi connectivity index (χ2n) is 3.60. The summed E-state index contributed by atoms with van der Waals surface area (Å²) in [6.07, 6.45) is 0. The number of rotatable bonds is 6. The Balaban J connectivity index is 2.83. The number of esters is 1. The fourth-order valence-corrected chi connectivity index (χ4v) is 1.43. The topological polar surface area (TPSA) is 78.7 Å². The van der Waals surface area contributed by atoms with Gasteiger partial charge in [-0.25, -0.2) is 4.79 Å². The van der Waals surface area contributed by atoms with E-state index in [1.165, 1.54) is 0 Å². The van der Waals surface area contributed by atoms with Gasteiger partial charge in [-0.1, -0.05) is 18.2 Å². The number of nitro groups is 1. The van der Waals surface area contributed by atoms with E-state index in [-0.39, 0.29) is 29.6 Å². The molecule has 8 heteroatoms. The molecule has 20 heavy (non-hydrogen) atoms. The van der Waals surface area contributed by atoms with Gasteiger partial charge in [0.05, 0.1) is 28.2 Å². The van der Waals surface area contributed by atoms with E-state index >= 15 is 0 Å². The predicted octanol–water partition coefficient (Wildman–Crippen LogP) is 2.89. The molecular formula is C12H11ClFNO5. The first kappa shape index (κ1) is 15.9. The van der Waals surface area contributed by atoms with Crippen LogP contribution < -0.4 is 4.74 Å². The van der Waals surface area contributed by atoms with Crippen LogP contribution in [0.5, 0.6) is 5.75 Å². The van der Waals surface area contributed by atoms with Gasteiger partial charge in [0.15, 0.2) is 0 Å². The Bertz CT molecular complexity index is 561. The number of carbonyl (C=O) groups excluding carboxylic acids is 1. The van der Waals surface area contributed by atoms with Crippen LogP contribution in [0.15, 0.2) is 24.3 Å². The predicted molar refractivity (Wildman–Crippen MR) is 69.3 cm³/mol. The first-order valence-electron chi connectivity index (χ1n) is 5.48. The monoisotopic (exact) mass is 303 g/mol. The first-order valence-corrected chi connectivity index (χ1v) is 5.85. The molecule has 108 valence electrons. The summed E-state index contributed by atoms with van der Waals surface area (Å²) in [7, 11) is 0. The second kappa shape index (κ2) is 6.85. The molecular weight excluding hydrogens is 293 g/mol. The molecule has 0 fully saturated rings. The van der Waals surface area contributed by atoms with Crippen LogP contribution in [0.4, 0.5) is 10.1 Å². The molecule has 0 aliphatic carbocycles. The highest BCUT2D eigenvalue weighted by Crippen LogP contribution is 2.31. The van der Waals surface area contributed by atoms with Crippen molar-refractivity contribution < 1.29 is 23.6 Å². The van der Waals surface area contributed by atoms with Crippen molar-refractivity contribution in [2.75, 3.05) is 13.2 Å². The molecule has 0 amide bonds. The van der Waals surface area contributed by atoms with Crippen LogP contribution in [0.1, 0.15) is 6.92 Å². The first-order chi connectivity index (χ1) is 9.36. The Morgan fingerprint density at radius 1 is 1.55 bits per heavy atom. The maximum Gasteiger partial charge on any atom is 0.336 e. The van der Waals surface area contributed by atoms with Crippen LogP contribution in [-0.4, -0.2) is 24.1 Å². The van der Waals surface area contributed by atoms with Gasteiger partial charge >= 0.3 is 11.7 Å². The third-order valence-electron chi connectivity index (χ3n) is 2.16. The lowest BCUT2D eigenvalue weighted by Crippen LogP contribution is -2.13. The van der Waals surface area contributed by atoms with E-state index in [0.717, 1.165) is 12.1 Å². The molecule has 0 unspecified atom stereocenters. The lowest BCUT2D eigenvalue weighted by Gasteiger charge is -2.09. The molecule has 0 atom stereocenters. The second-order valence-corrected chi connectivity index (χ2v) is 4.01. The molecule has 0 saturated heterocycles. The summed E-state index contributed by atoms with van der Waals surface area (Å²) in [5, 5.41) is 10.4. The van der Waals surface area contributed by atoms with Crippen molar-refractivity contribution in [2.24, 2.45) is 0 Å². The van der Waals surface area contributed by atoms with Crippen LogP contribution in [0.3, 0.4) is 0 Å². The number of ether oxygens (including phenoxy) is 2. The molecule has 1 rings (SSSR count). The third kappa shape index (κ3) is 3.92. The molecule has 0 N–H and O–H groups in total. The minimum Gasteiger partial charge on any atom is -0.487 e. The summed E-state index contributed by atoms with van der Waals surface area (Å²) < 4.78 is 23.0. The molecule has 0 heterocycles. The zero-order chi connectivity index (χ0) is 15.3. The fraction of sp³-hybridized carbons (Fsp3) is 0.250. The zero-order valence-corrected chi connectivity index (χ0v) is 11.3.